The lowest BCUT2D eigenvalue weighted by atomic mass is 9.97. The Morgan fingerprint density at radius 1 is 1.29 bits per heavy atom. The minimum absolute atomic E-state index is 0.309. The molecule has 1 aromatic carbocycles. The van der Waals surface area contributed by atoms with Gasteiger partial charge in [0.25, 0.3) is 5.91 Å². The molecule has 0 saturated carbocycles. The number of sulfone groups is 1. The number of nitrogens with one attached hydrogen (secondary N) is 2. The quantitative estimate of drug-likeness (QED) is 0.210. The highest BCUT2D eigenvalue weighted by Gasteiger charge is 2.70. The molecule has 5 N–H and O–H groups in total. The number of ether oxygens (including phenoxy) is 1. The van der Waals surface area contributed by atoms with E-state index in [0.29, 0.717) is 0 Å². The number of fused-ring (bicyclic) bond motifs is 1. The molecule has 0 aliphatic carbocycles. The van der Waals surface area contributed by atoms with Gasteiger partial charge in [-0.05, 0) is 19.1 Å². The van der Waals surface area contributed by atoms with Crippen molar-refractivity contribution >= 4 is 45.3 Å². The summed E-state index contributed by atoms with van der Waals surface area (Å²) >= 11 is 5.73. The molecule has 2 aliphatic heterocycles. The predicted octanol–water partition coefficient (Wildman–Crippen LogP) is -0.679. The number of aliphatic carboxylic acids is 1. The summed E-state index contributed by atoms with van der Waals surface area (Å²) in [6.07, 6.45) is -1.68. The largest absolute Gasteiger partial charge is 0.504 e. The van der Waals surface area contributed by atoms with E-state index in [1.54, 1.807) is 0 Å². The summed E-state index contributed by atoms with van der Waals surface area (Å²) in [5.74, 6) is -4.54. The molecule has 3 amide bonds. The van der Waals surface area contributed by atoms with Crippen LogP contribution in [0.15, 0.2) is 12.1 Å². The van der Waals surface area contributed by atoms with Gasteiger partial charge in [-0.25, -0.2) is 23.4 Å². The number of carbonyl (C=O) groups excluding carboxylic acids is 3. The number of nitrogens with zero attached hydrogens (tertiary/aromatic N) is 1. The normalized spacial score (nSPS) is 25.9. The van der Waals surface area contributed by atoms with E-state index in [1.807, 2.05) is 10.9 Å². The van der Waals surface area contributed by atoms with E-state index in [2.05, 4.69) is 0 Å². The molecule has 0 bridgehead atoms. The molecule has 3 unspecified atom stereocenters. The molecule has 0 aromatic heterocycles. The van der Waals surface area contributed by atoms with Gasteiger partial charge in [-0.1, -0.05) is 11.6 Å². The fourth-order valence-electron chi connectivity index (χ4n) is 3.42. The number of phenols is 2. The molecule has 2 heterocycles. The third-order valence-corrected chi connectivity index (χ3v) is 8.29. The second-order valence-electron chi connectivity index (χ2n) is 7.01. The summed E-state index contributed by atoms with van der Waals surface area (Å²) in [6.45, 7) is 0.145. The number of hydrogen-bond acceptors (Lipinski definition) is 9. The highest BCUT2D eigenvalue weighted by Crippen LogP contribution is 2.46. The van der Waals surface area contributed by atoms with Crippen molar-refractivity contribution in [3.05, 3.63) is 22.7 Å². The van der Waals surface area contributed by atoms with Crippen LogP contribution in [0.5, 0.6) is 11.5 Å². The summed E-state index contributed by atoms with van der Waals surface area (Å²) < 4.78 is 28.1. The highest BCUT2D eigenvalue weighted by molar-refractivity contribution is 7.94. The average Bonchev–Trinajstić information content (AvgIpc) is 2.83. The number of hydrazine groups is 1. The van der Waals surface area contributed by atoms with Crippen LogP contribution in [0.1, 0.15) is 23.7 Å². The van der Waals surface area contributed by atoms with Crippen LogP contribution in [0.4, 0.5) is 4.79 Å². The standard InChI is InChI=1S/C16H16ClN3O10S/c1-16(12(14(25)26)20-8(22)4-9(20)31(16,28)29)5-30-15(27)19-18-13(24)6-2-3-7(21)11(23)10(6)17/h2-3,9,12,21,23H,4-5H2,1H3,(H,18,24)(H,19,27)(H,25,26). The van der Waals surface area contributed by atoms with E-state index in [-0.39, 0.29) is 12.0 Å². The van der Waals surface area contributed by atoms with Gasteiger partial charge < -0.3 is 25.0 Å². The third-order valence-electron chi connectivity index (χ3n) is 5.15. The first kappa shape index (κ1) is 22.4. The highest BCUT2D eigenvalue weighted by atomic mass is 35.5. The van der Waals surface area contributed by atoms with Gasteiger partial charge in [-0.15, -0.1) is 0 Å². The monoisotopic (exact) mass is 477 g/mol. The van der Waals surface area contributed by atoms with Crippen LogP contribution < -0.4 is 10.9 Å². The van der Waals surface area contributed by atoms with Gasteiger partial charge in [0.2, 0.25) is 5.91 Å². The Hall–Kier alpha value is -3.26. The molecule has 3 rings (SSSR count). The van der Waals surface area contributed by atoms with Crippen molar-refractivity contribution in [3.8, 4) is 11.5 Å². The van der Waals surface area contributed by atoms with Crippen molar-refractivity contribution in [1.82, 2.24) is 15.8 Å². The Kier molecular flexibility index (Phi) is 5.40. The van der Waals surface area contributed by atoms with Crippen molar-refractivity contribution in [2.75, 3.05) is 6.61 Å². The van der Waals surface area contributed by atoms with Crippen molar-refractivity contribution in [1.29, 1.82) is 0 Å². The molecule has 168 valence electrons. The summed E-state index contributed by atoms with van der Waals surface area (Å²) in [7, 11) is -4.18. The van der Waals surface area contributed by atoms with E-state index in [1.165, 1.54) is 0 Å². The second-order valence-corrected chi connectivity index (χ2v) is 9.95. The number of carboxylic acid groups (broad SMARTS) is 1. The molecule has 2 saturated heterocycles. The molecule has 0 radical (unpaired) electrons. The van der Waals surface area contributed by atoms with Crippen molar-refractivity contribution in [2.24, 2.45) is 0 Å². The van der Waals surface area contributed by atoms with Crippen LogP contribution in [0, 0.1) is 0 Å². The number of carboxylic acids is 1. The van der Waals surface area contributed by atoms with E-state index in [0.717, 1.165) is 24.0 Å². The molecule has 2 fully saturated rings. The maximum absolute atomic E-state index is 12.7. The van der Waals surface area contributed by atoms with Crippen molar-refractivity contribution < 1.29 is 47.7 Å². The van der Waals surface area contributed by atoms with E-state index < -0.39 is 73.0 Å². The molecule has 0 spiro atoms. The molecule has 3 atom stereocenters. The van der Waals surface area contributed by atoms with Gasteiger partial charge >= 0.3 is 12.1 Å². The van der Waals surface area contributed by atoms with E-state index in [9.17, 15) is 42.9 Å². The molecule has 2 aliphatic rings. The topological polar surface area (TPSA) is 200 Å². The molecule has 31 heavy (non-hydrogen) atoms. The van der Waals surface area contributed by atoms with Crippen molar-refractivity contribution in [3.63, 3.8) is 0 Å². The zero-order chi connectivity index (χ0) is 23.3. The van der Waals surface area contributed by atoms with Gasteiger partial charge in [0, 0.05) is 0 Å². The van der Waals surface area contributed by atoms with E-state index >= 15 is 0 Å². The predicted molar refractivity (Wildman–Crippen MR) is 101 cm³/mol. The summed E-state index contributed by atoms with van der Waals surface area (Å²) in [5, 5.41) is 26.5. The summed E-state index contributed by atoms with van der Waals surface area (Å²) in [5.41, 5.74) is 3.40. The number of amides is 3. The fraction of sp³-hybridized carbons (Fsp3) is 0.375. The Bertz CT molecular complexity index is 1110. The lowest BCUT2D eigenvalue weighted by Gasteiger charge is -2.35. The van der Waals surface area contributed by atoms with Gasteiger partial charge in [0.15, 0.2) is 27.4 Å². The number of β-lactam (4-membered cyclic amide) rings is 1. The third kappa shape index (κ3) is 3.37. The number of aromatic hydroxyl groups is 2. The Balaban J connectivity index is 1.66. The van der Waals surface area contributed by atoms with Crippen LogP contribution in [0.3, 0.4) is 0 Å². The Labute approximate surface area is 179 Å². The maximum Gasteiger partial charge on any atom is 0.426 e. The first-order valence-electron chi connectivity index (χ1n) is 8.54. The van der Waals surface area contributed by atoms with Crippen LogP contribution in [-0.4, -0.2) is 75.3 Å². The summed E-state index contributed by atoms with van der Waals surface area (Å²) in [6, 6.07) is 0.298. The number of rotatable bonds is 4. The van der Waals surface area contributed by atoms with Gasteiger partial charge in [0.05, 0.1) is 17.0 Å². The number of carbonyl (C=O) groups is 4. The van der Waals surface area contributed by atoms with Gasteiger partial charge in [-0.2, -0.15) is 0 Å². The van der Waals surface area contributed by atoms with E-state index in [4.69, 9.17) is 16.3 Å². The number of benzene rings is 1. The van der Waals surface area contributed by atoms with Gasteiger partial charge in [0.1, 0.15) is 16.7 Å². The molecular weight excluding hydrogens is 462 g/mol. The number of phenolic OH excluding ortho intramolecular Hbond substituents is 2. The smallest absolute Gasteiger partial charge is 0.426 e. The van der Waals surface area contributed by atoms with Gasteiger partial charge in [-0.3, -0.25) is 15.0 Å². The first-order valence-corrected chi connectivity index (χ1v) is 10.5. The van der Waals surface area contributed by atoms with Crippen LogP contribution >= 0.6 is 11.6 Å². The maximum atomic E-state index is 12.7. The second kappa shape index (κ2) is 7.46. The SMILES string of the molecule is CC1(COC(=O)NNC(=O)c2ccc(O)c(O)c2Cl)C(C(=O)O)N2C(=O)CC2S1(=O)=O. The van der Waals surface area contributed by atoms with Crippen LogP contribution in [-0.2, 0) is 24.2 Å². The Morgan fingerprint density at radius 3 is 2.52 bits per heavy atom. The first-order chi connectivity index (χ1) is 14.3. The zero-order valence-corrected chi connectivity index (χ0v) is 17.2. The number of hydrogen-bond donors (Lipinski definition) is 5. The average molecular weight is 478 g/mol. The molecule has 1 aromatic rings. The number of halogens is 1. The minimum atomic E-state index is -4.18. The lowest BCUT2D eigenvalue weighted by molar-refractivity contribution is -0.158. The molecule has 13 nitrogen and oxygen atoms in total. The van der Waals surface area contributed by atoms with Crippen molar-refractivity contribution in [2.45, 2.75) is 29.5 Å². The Morgan fingerprint density at radius 2 is 1.94 bits per heavy atom. The zero-order valence-electron chi connectivity index (χ0n) is 15.7. The minimum Gasteiger partial charge on any atom is -0.504 e. The molecule has 15 heteroatoms. The summed E-state index contributed by atoms with van der Waals surface area (Å²) in [4.78, 5) is 48.0. The molecular formula is C16H16ClN3O10S. The fourth-order valence-corrected chi connectivity index (χ4v) is 5.94. The van der Waals surface area contributed by atoms with Crippen LogP contribution in [0.25, 0.3) is 0 Å². The lowest BCUT2D eigenvalue weighted by Crippen LogP contribution is -2.58. The van der Waals surface area contributed by atoms with Crippen LogP contribution in [0.2, 0.25) is 5.02 Å².